The van der Waals surface area contributed by atoms with Crippen molar-refractivity contribution in [2.24, 2.45) is 0 Å². The number of rotatable bonds is 4. The lowest BCUT2D eigenvalue weighted by atomic mass is 10.3. The van der Waals surface area contributed by atoms with E-state index in [0.29, 0.717) is 11.4 Å². The van der Waals surface area contributed by atoms with Crippen molar-refractivity contribution < 1.29 is 13.9 Å². The third kappa shape index (κ3) is 4.19. The molecule has 0 saturated heterocycles. The Bertz CT molecular complexity index is 601. The Balaban J connectivity index is 1.96. The number of benzene rings is 2. The fourth-order valence-corrected chi connectivity index (χ4v) is 2.09. The molecule has 0 unspecified atom stereocenters. The molecule has 1 N–H and O–H groups in total. The van der Waals surface area contributed by atoms with E-state index in [-0.39, 0.29) is 11.7 Å². The number of hydrogen-bond acceptors (Lipinski definition) is 2. The van der Waals surface area contributed by atoms with Crippen molar-refractivity contribution >= 4 is 34.2 Å². The zero-order chi connectivity index (χ0) is 14.5. The summed E-state index contributed by atoms with van der Waals surface area (Å²) in [6, 6.07) is 13.0. The molecule has 0 aliphatic rings. The maximum atomic E-state index is 12.8. The zero-order valence-corrected chi connectivity index (χ0v) is 12.9. The summed E-state index contributed by atoms with van der Waals surface area (Å²) >= 11 is 2.18. The molecule has 0 aliphatic heterocycles. The van der Waals surface area contributed by atoms with Gasteiger partial charge in [0.2, 0.25) is 0 Å². The molecule has 0 aliphatic carbocycles. The summed E-state index contributed by atoms with van der Waals surface area (Å²) < 4.78 is 19.4. The third-order valence-electron chi connectivity index (χ3n) is 2.59. The first-order chi connectivity index (χ1) is 9.54. The molecule has 0 saturated carbocycles. The van der Waals surface area contributed by atoms with Gasteiger partial charge in [0, 0.05) is 9.26 Å². The molecule has 1 atom stereocenters. The molecule has 2 aromatic carbocycles. The lowest BCUT2D eigenvalue weighted by Gasteiger charge is -2.15. The van der Waals surface area contributed by atoms with E-state index in [1.807, 2.05) is 18.2 Å². The summed E-state index contributed by atoms with van der Waals surface area (Å²) in [4.78, 5) is 12.0. The first kappa shape index (κ1) is 14.8. The highest BCUT2D eigenvalue weighted by atomic mass is 127. The minimum atomic E-state index is -0.641. The second-order valence-electron chi connectivity index (χ2n) is 4.21. The van der Waals surface area contributed by atoms with Gasteiger partial charge in [0.1, 0.15) is 11.6 Å². The maximum absolute atomic E-state index is 12.8. The summed E-state index contributed by atoms with van der Waals surface area (Å²) in [6.07, 6.45) is -0.641. The number of carbonyl (C=O) groups excluding carboxylic acids is 1. The van der Waals surface area contributed by atoms with E-state index in [9.17, 15) is 9.18 Å². The van der Waals surface area contributed by atoms with Crippen LogP contribution in [0.2, 0.25) is 0 Å². The highest BCUT2D eigenvalue weighted by Gasteiger charge is 2.14. The Labute approximate surface area is 130 Å². The van der Waals surface area contributed by atoms with Crippen molar-refractivity contribution in [1.29, 1.82) is 0 Å². The van der Waals surface area contributed by atoms with Crippen LogP contribution in [0.5, 0.6) is 5.75 Å². The van der Waals surface area contributed by atoms with Crippen molar-refractivity contribution in [2.45, 2.75) is 13.0 Å². The molecule has 0 radical (unpaired) electrons. The van der Waals surface area contributed by atoms with Gasteiger partial charge in [-0.1, -0.05) is 6.07 Å². The molecule has 0 fully saturated rings. The van der Waals surface area contributed by atoms with Gasteiger partial charge < -0.3 is 10.1 Å². The van der Waals surface area contributed by atoms with Crippen LogP contribution < -0.4 is 10.1 Å². The largest absolute Gasteiger partial charge is 0.481 e. The fraction of sp³-hybridized carbons (Fsp3) is 0.133. The summed E-state index contributed by atoms with van der Waals surface area (Å²) in [5, 5.41) is 2.67. The Hall–Kier alpha value is -1.63. The van der Waals surface area contributed by atoms with Crippen LogP contribution in [0.25, 0.3) is 0 Å². The molecule has 0 bridgehead atoms. The van der Waals surface area contributed by atoms with Crippen molar-refractivity contribution in [3.8, 4) is 5.75 Å². The van der Waals surface area contributed by atoms with E-state index in [1.54, 1.807) is 13.0 Å². The second kappa shape index (κ2) is 6.69. The quantitative estimate of drug-likeness (QED) is 0.813. The number of ether oxygens (including phenoxy) is 1. The van der Waals surface area contributed by atoms with Crippen molar-refractivity contribution in [3.63, 3.8) is 0 Å². The Morgan fingerprint density at radius 2 is 1.95 bits per heavy atom. The predicted octanol–water partition coefficient (Wildman–Crippen LogP) is 3.84. The van der Waals surface area contributed by atoms with Crippen molar-refractivity contribution in [3.05, 3.63) is 57.9 Å². The minimum absolute atomic E-state index is 0.282. The van der Waals surface area contributed by atoms with Gasteiger partial charge in [0.15, 0.2) is 6.10 Å². The van der Waals surface area contributed by atoms with Crippen LogP contribution in [0.3, 0.4) is 0 Å². The topological polar surface area (TPSA) is 38.3 Å². The van der Waals surface area contributed by atoms with Gasteiger partial charge in [-0.3, -0.25) is 4.79 Å². The zero-order valence-electron chi connectivity index (χ0n) is 10.8. The Morgan fingerprint density at radius 3 is 2.60 bits per heavy atom. The summed E-state index contributed by atoms with van der Waals surface area (Å²) in [6.45, 7) is 1.67. The molecule has 2 rings (SSSR count). The van der Waals surface area contributed by atoms with E-state index in [0.717, 1.165) is 3.57 Å². The van der Waals surface area contributed by atoms with E-state index in [1.165, 1.54) is 24.3 Å². The molecule has 5 heteroatoms. The summed E-state index contributed by atoms with van der Waals surface area (Å²) in [5.41, 5.74) is 0.537. The third-order valence-corrected chi connectivity index (χ3v) is 3.26. The molecule has 0 aromatic heterocycles. The molecular formula is C15H13FINO2. The highest BCUT2D eigenvalue weighted by Crippen LogP contribution is 2.17. The van der Waals surface area contributed by atoms with Crippen molar-refractivity contribution in [1.82, 2.24) is 0 Å². The minimum Gasteiger partial charge on any atom is -0.481 e. The molecule has 0 heterocycles. The highest BCUT2D eigenvalue weighted by molar-refractivity contribution is 14.1. The van der Waals surface area contributed by atoms with E-state index in [2.05, 4.69) is 27.9 Å². The number of nitrogens with one attached hydrogen (secondary N) is 1. The van der Waals surface area contributed by atoms with Gasteiger partial charge in [-0.15, -0.1) is 0 Å². The van der Waals surface area contributed by atoms with Crippen LogP contribution in [0.4, 0.5) is 10.1 Å². The van der Waals surface area contributed by atoms with Crippen LogP contribution >= 0.6 is 22.6 Å². The van der Waals surface area contributed by atoms with Crippen LogP contribution in [-0.2, 0) is 4.79 Å². The second-order valence-corrected chi connectivity index (χ2v) is 5.46. The fourth-order valence-electron chi connectivity index (χ4n) is 1.58. The number of anilines is 1. The molecule has 20 heavy (non-hydrogen) atoms. The monoisotopic (exact) mass is 385 g/mol. The average molecular weight is 385 g/mol. The maximum Gasteiger partial charge on any atom is 0.265 e. The lowest BCUT2D eigenvalue weighted by Crippen LogP contribution is -2.30. The van der Waals surface area contributed by atoms with Gasteiger partial charge in [-0.2, -0.15) is 0 Å². The first-order valence-electron chi connectivity index (χ1n) is 6.03. The average Bonchev–Trinajstić information content (AvgIpc) is 2.41. The van der Waals surface area contributed by atoms with Crippen LogP contribution in [-0.4, -0.2) is 12.0 Å². The van der Waals surface area contributed by atoms with E-state index in [4.69, 9.17) is 4.74 Å². The van der Waals surface area contributed by atoms with Crippen LogP contribution in [0, 0.1) is 9.39 Å². The molecule has 2 aromatic rings. The number of carbonyl (C=O) groups is 1. The molecular weight excluding hydrogens is 372 g/mol. The first-order valence-corrected chi connectivity index (χ1v) is 7.11. The standard InChI is InChI=1S/C15H13FINO2/c1-10(20-14-4-2-3-12(17)9-14)15(19)18-13-7-5-11(16)6-8-13/h2-10H,1H3,(H,18,19)/t10-/m1/s1. The van der Waals surface area contributed by atoms with Crippen LogP contribution in [0.15, 0.2) is 48.5 Å². The SMILES string of the molecule is C[C@@H](Oc1cccc(I)c1)C(=O)Nc1ccc(F)cc1. The predicted molar refractivity (Wildman–Crippen MR) is 84.3 cm³/mol. The summed E-state index contributed by atoms with van der Waals surface area (Å²) in [5.74, 6) is 0.0142. The van der Waals surface area contributed by atoms with Gasteiger partial charge in [0.25, 0.3) is 5.91 Å². The number of halogens is 2. The summed E-state index contributed by atoms with van der Waals surface area (Å²) in [7, 11) is 0. The lowest BCUT2D eigenvalue weighted by molar-refractivity contribution is -0.122. The Morgan fingerprint density at radius 1 is 1.25 bits per heavy atom. The van der Waals surface area contributed by atoms with E-state index >= 15 is 0 Å². The van der Waals surface area contributed by atoms with Gasteiger partial charge in [-0.25, -0.2) is 4.39 Å². The smallest absolute Gasteiger partial charge is 0.265 e. The van der Waals surface area contributed by atoms with E-state index < -0.39 is 6.10 Å². The van der Waals surface area contributed by atoms with Gasteiger partial charge in [-0.05, 0) is 72.0 Å². The molecule has 104 valence electrons. The number of hydrogen-bond donors (Lipinski definition) is 1. The van der Waals surface area contributed by atoms with Crippen molar-refractivity contribution in [2.75, 3.05) is 5.32 Å². The Kier molecular flexibility index (Phi) is 4.94. The molecule has 0 spiro atoms. The van der Waals surface area contributed by atoms with Gasteiger partial charge in [0.05, 0.1) is 0 Å². The van der Waals surface area contributed by atoms with Crippen LogP contribution in [0.1, 0.15) is 6.92 Å². The molecule has 3 nitrogen and oxygen atoms in total. The molecule has 1 amide bonds. The normalized spacial score (nSPS) is 11.8. The van der Waals surface area contributed by atoms with Gasteiger partial charge >= 0.3 is 0 Å². The number of amides is 1.